The number of imidazole rings is 1. The third-order valence-electron chi connectivity index (χ3n) is 3.88. The van der Waals surface area contributed by atoms with Crippen LogP contribution in [0.15, 0.2) is 18.5 Å². The van der Waals surface area contributed by atoms with Crippen molar-refractivity contribution in [2.24, 2.45) is 7.05 Å². The molecule has 1 aliphatic rings. The Morgan fingerprint density at radius 2 is 2.05 bits per heavy atom. The second-order valence-electron chi connectivity index (χ2n) is 5.37. The highest BCUT2D eigenvalue weighted by atomic mass is 15.3. The maximum Gasteiger partial charge on any atom is 0.209 e. The van der Waals surface area contributed by atoms with Crippen molar-refractivity contribution in [2.45, 2.75) is 45.1 Å². The van der Waals surface area contributed by atoms with Crippen molar-refractivity contribution in [3.8, 4) is 0 Å². The zero-order valence-electron chi connectivity index (χ0n) is 11.6. The molecule has 0 saturated heterocycles. The third kappa shape index (κ3) is 2.50. The van der Waals surface area contributed by atoms with Crippen LogP contribution in [0.1, 0.15) is 43.8 Å². The summed E-state index contributed by atoms with van der Waals surface area (Å²) in [5, 5.41) is 7.57. The maximum atomic E-state index is 4.61. The lowest BCUT2D eigenvalue weighted by atomic mass is 9.95. The van der Waals surface area contributed by atoms with Crippen molar-refractivity contribution < 1.29 is 0 Å². The van der Waals surface area contributed by atoms with Crippen molar-refractivity contribution in [3.05, 3.63) is 24.2 Å². The van der Waals surface area contributed by atoms with Gasteiger partial charge in [0.15, 0.2) is 0 Å². The van der Waals surface area contributed by atoms with Gasteiger partial charge in [-0.15, -0.1) is 0 Å². The Kier molecular flexibility index (Phi) is 3.27. The third-order valence-corrected chi connectivity index (χ3v) is 3.88. The van der Waals surface area contributed by atoms with Gasteiger partial charge in [-0.2, -0.15) is 5.10 Å². The molecule has 3 rings (SSSR count). The van der Waals surface area contributed by atoms with Crippen LogP contribution < -0.4 is 5.32 Å². The number of nitrogens with one attached hydrogen (secondary N) is 1. The lowest BCUT2D eigenvalue weighted by Gasteiger charge is -2.24. The minimum atomic E-state index is 0.589. The number of nitrogens with zero attached hydrogens (tertiary/aromatic N) is 4. The Morgan fingerprint density at radius 3 is 2.74 bits per heavy atom. The summed E-state index contributed by atoms with van der Waals surface area (Å²) in [7, 11) is 1.93. The van der Waals surface area contributed by atoms with Gasteiger partial charge >= 0.3 is 0 Å². The van der Waals surface area contributed by atoms with Gasteiger partial charge in [0.1, 0.15) is 5.82 Å². The Morgan fingerprint density at radius 1 is 1.26 bits per heavy atom. The first kappa shape index (κ1) is 12.3. The number of aryl methyl sites for hydroxylation is 2. The van der Waals surface area contributed by atoms with Gasteiger partial charge in [-0.05, 0) is 19.8 Å². The number of hydrogen-bond acceptors (Lipinski definition) is 3. The molecule has 5 nitrogen and oxygen atoms in total. The Labute approximate surface area is 113 Å². The van der Waals surface area contributed by atoms with Gasteiger partial charge in [0.25, 0.3) is 0 Å². The zero-order valence-corrected chi connectivity index (χ0v) is 11.6. The molecule has 5 heteroatoms. The normalized spacial score (nSPS) is 16.7. The molecule has 1 fully saturated rings. The fourth-order valence-corrected chi connectivity index (χ4v) is 2.86. The standard InChI is InChI=1S/C14H21N5/c1-11-10-19(12-6-4-3-5-7-12)14(16-11)17-13-8-9-15-18(13)2/h8-10,12H,3-7H2,1-2H3,(H,16,17). The molecular weight excluding hydrogens is 238 g/mol. The second-order valence-corrected chi connectivity index (χ2v) is 5.37. The quantitative estimate of drug-likeness (QED) is 0.921. The SMILES string of the molecule is Cc1cn(C2CCCCC2)c(Nc2ccnn2C)n1. The summed E-state index contributed by atoms with van der Waals surface area (Å²) in [6.45, 7) is 2.05. The second kappa shape index (κ2) is 5.07. The maximum absolute atomic E-state index is 4.61. The van der Waals surface area contributed by atoms with E-state index in [1.807, 2.05) is 24.7 Å². The highest BCUT2D eigenvalue weighted by Crippen LogP contribution is 2.31. The van der Waals surface area contributed by atoms with E-state index in [2.05, 4.69) is 26.2 Å². The molecule has 2 aromatic rings. The van der Waals surface area contributed by atoms with Crippen molar-refractivity contribution in [3.63, 3.8) is 0 Å². The highest BCUT2D eigenvalue weighted by Gasteiger charge is 2.19. The van der Waals surface area contributed by atoms with E-state index in [9.17, 15) is 0 Å². The van der Waals surface area contributed by atoms with E-state index in [-0.39, 0.29) is 0 Å². The predicted octanol–water partition coefficient (Wildman–Crippen LogP) is 3.17. The molecule has 1 N–H and O–H groups in total. The lowest BCUT2D eigenvalue weighted by molar-refractivity contribution is 0.356. The molecule has 0 spiro atoms. The van der Waals surface area contributed by atoms with Crippen molar-refractivity contribution in [2.75, 3.05) is 5.32 Å². The summed E-state index contributed by atoms with van der Waals surface area (Å²) in [5.41, 5.74) is 1.07. The van der Waals surface area contributed by atoms with Gasteiger partial charge in [-0.3, -0.25) is 4.68 Å². The molecule has 0 aromatic carbocycles. The van der Waals surface area contributed by atoms with Gasteiger partial charge in [0.2, 0.25) is 5.95 Å². The van der Waals surface area contributed by atoms with Crippen molar-refractivity contribution in [1.29, 1.82) is 0 Å². The van der Waals surface area contributed by atoms with Crippen LogP contribution in [0.4, 0.5) is 11.8 Å². The van der Waals surface area contributed by atoms with E-state index in [0.29, 0.717) is 6.04 Å². The van der Waals surface area contributed by atoms with Crippen LogP contribution in [0.25, 0.3) is 0 Å². The average molecular weight is 259 g/mol. The molecule has 19 heavy (non-hydrogen) atoms. The minimum Gasteiger partial charge on any atom is -0.314 e. The minimum absolute atomic E-state index is 0.589. The van der Waals surface area contributed by atoms with Crippen LogP contribution in [0.3, 0.4) is 0 Å². The van der Waals surface area contributed by atoms with Crippen LogP contribution in [0.2, 0.25) is 0 Å². The fraction of sp³-hybridized carbons (Fsp3) is 0.571. The first-order valence-corrected chi connectivity index (χ1v) is 7.04. The summed E-state index contributed by atoms with van der Waals surface area (Å²) < 4.78 is 4.14. The van der Waals surface area contributed by atoms with Gasteiger partial charge in [-0.1, -0.05) is 19.3 Å². The van der Waals surface area contributed by atoms with E-state index in [0.717, 1.165) is 17.5 Å². The van der Waals surface area contributed by atoms with E-state index in [1.54, 1.807) is 6.20 Å². The summed E-state index contributed by atoms with van der Waals surface area (Å²) in [4.78, 5) is 4.61. The molecule has 2 aromatic heterocycles. The largest absolute Gasteiger partial charge is 0.314 e. The number of aromatic nitrogens is 4. The molecule has 0 bridgehead atoms. The van der Waals surface area contributed by atoms with Gasteiger partial charge in [0, 0.05) is 25.4 Å². The highest BCUT2D eigenvalue weighted by molar-refractivity contribution is 5.48. The van der Waals surface area contributed by atoms with E-state index < -0.39 is 0 Å². The first-order valence-electron chi connectivity index (χ1n) is 7.04. The average Bonchev–Trinajstić information content (AvgIpc) is 2.98. The van der Waals surface area contributed by atoms with Crippen LogP contribution in [-0.4, -0.2) is 19.3 Å². The molecule has 1 aliphatic carbocycles. The van der Waals surface area contributed by atoms with Crippen molar-refractivity contribution in [1.82, 2.24) is 19.3 Å². The van der Waals surface area contributed by atoms with Gasteiger partial charge in [0.05, 0.1) is 11.9 Å². The van der Waals surface area contributed by atoms with E-state index >= 15 is 0 Å². The lowest BCUT2D eigenvalue weighted by Crippen LogP contribution is -2.14. The van der Waals surface area contributed by atoms with Gasteiger partial charge < -0.3 is 9.88 Å². The number of hydrogen-bond donors (Lipinski definition) is 1. The zero-order chi connectivity index (χ0) is 13.2. The van der Waals surface area contributed by atoms with Crippen LogP contribution in [0.5, 0.6) is 0 Å². The molecule has 0 atom stereocenters. The van der Waals surface area contributed by atoms with Crippen LogP contribution in [0, 0.1) is 6.92 Å². The van der Waals surface area contributed by atoms with Crippen LogP contribution in [-0.2, 0) is 7.05 Å². The number of anilines is 2. The molecular formula is C14H21N5. The first-order chi connectivity index (χ1) is 9.24. The Bertz CT molecular complexity index is 548. The fourth-order valence-electron chi connectivity index (χ4n) is 2.86. The van der Waals surface area contributed by atoms with E-state index in [1.165, 1.54) is 32.1 Å². The molecule has 0 aliphatic heterocycles. The Hall–Kier alpha value is -1.78. The smallest absolute Gasteiger partial charge is 0.209 e. The van der Waals surface area contributed by atoms with Gasteiger partial charge in [-0.25, -0.2) is 4.98 Å². The molecule has 102 valence electrons. The monoisotopic (exact) mass is 259 g/mol. The summed E-state index contributed by atoms with van der Waals surface area (Å²) in [6, 6.07) is 2.56. The predicted molar refractivity (Wildman–Crippen MR) is 75.6 cm³/mol. The molecule has 0 unspecified atom stereocenters. The van der Waals surface area contributed by atoms with Crippen LogP contribution >= 0.6 is 0 Å². The molecule has 1 saturated carbocycles. The molecule has 0 amide bonds. The van der Waals surface area contributed by atoms with E-state index in [4.69, 9.17) is 0 Å². The molecule has 0 radical (unpaired) electrons. The molecule has 2 heterocycles. The number of rotatable bonds is 3. The topological polar surface area (TPSA) is 47.7 Å². The summed E-state index contributed by atoms with van der Waals surface area (Å²) in [5.74, 6) is 1.91. The van der Waals surface area contributed by atoms with Crippen molar-refractivity contribution >= 4 is 11.8 Å². The summed E-state index contributed by atoms with van der Waals surface area (Å²) in [6.07, 6.45) is 10.5. The Balaban J connectivity index is 1.86. The summed E-state index contributed by atoms with van der Waals surface area (Å²) >= 11 is 0.